The molecule has 2 N–H and O–H groups in total. The van der Waals surface area contributed by atoms with Gasteiger partial charge in [-0.3, -0.25) is 14.6 Å². The van der Waals surface area contributed by atoms with Gasteiger partial charge < -0.3 is 15.4 Å². The third-order valence-corrected chi connectivity index (χ3v) is 2.46. The maximum absolute atomic E-state index is 11.7. The molecule has 19 heavy (non-hydrogen) atoms. The Kier molecular flexibility index (Phi) is 6.84. The molecule has 6 nitrogen and oxygen atoms in total. The molecule has 1 aromatic heterocycles. The Morgan fingerprint density at radius 2 is 2.16 bits per heavy atom. The van der Waals surface area contributed by atoms with Crippen molar-refractivity contribution < 1.29 is 14.3 Å². The van der Waals surface area contributed by atoms with Gasteiger partial charge in [0.1, 0.15) is 5.69 Å². The monoisotopic (exact) mass is 285 g/mol. The molecule has 0 saturated heterocycles. The Balaban J connectivity index is 2.25. The van der Waals surface area contributed by atoms with Crippen molar-refractivity contribution in [2.24, 2.45) is 0 Å². The fraction of sp³-hybridized carbons (Fsp3) is 0.417. The molecule has 0 saturated carbocycles. The second-order valence-electron chi connectivity index (χ2n) is 3.71. The number of amides is 2. The van der Waals surface area contributed by atoms with Gasteiger partial charge in [-0.05, 0) is 12.1 Å². The third kappa shape index (κ3) is 6.17. The van der Waals surface area contributed by atoms with Gasteiger partial charge in [0.05, 0.1) is 6.61 Å². The minimum absolute atomic E-state index is 0.142. The molecule has 0 aliphatic carbocycles. The molecular formula is C12H16ClN3O3. The highest BCUT2D eigenvalue weighted by Gasteiger charge is 2.08. The van der Waals surface area contributed by atoms with Gasteiger partial charge in [-0.25, -0.2) is 0 Å². The fourth-order valence-corrected chi connectivity index (χ4v) is 1.45. The van der Waals surface area contributed by atoms with E-state index >= 15 is 0 Å². The van der Waals surface area contributed by atoms with Gasteiger partial charge in [-0.2, -0.15) is 0 Å². The van der Waals surface area contributed by atoms with Crippen molar-refractivity contribution in [1.82, 2.24) is 15.6 Å². The highest BCUT2D eigenvalue weighted by atomic mass is 35.5. The topological polar surface area (TPSA) is 80.3 Å². The molecule has 1 rings (SSSR count). The summed E-state index contributed by atoms with van der Waals surface area (Å²) >= 11 is 5.75. The Bertz CT molecular complexity index is 440. The van der Waals surface area contributed by atoms with E-state index in [4.69, 9.17) is 16.3 Å². The summed E-state index contributed by atoms with van der Waals surface area (Å²) < 4.78 is 4.80. The van der Waals surface area contributed by atoms with E-state index in [1.165, 1.54) is 12.3 Å². The Hall–Kier alpha value is -1.66. The van der Waals surface area contributed by atoms with Gasteiger partial charge >= 0.3 is 0 Å². The average molecular weight is 286 g/mol. The van der Waals surface area contributed by atoms with Gasteiger partial charge in [0.25, 0.3) is 5.91 Å². The van der Waals surface area contributed by atoms with Crippen LogP contribution in [0.2, 0.25) is 5.02 Å². The predicted octanol–water partition coefficient (Wildman–Crippen LogP) is 0.618. The number of pyridine rings is 1. The zero-order valence-corrected chi connectivity index (χ0v) is 11.4. The summed E-state index contributed by atoms with van der Waals surface area (Å²) in [6.45, 7) is 1.16. The molecule has 0 aliphatic rings. The summed E-state index contributed by atoms with van der Waals surface area (Å²) in [5.74, 6) is -0.497. The fourth-order valence-electron chi connectivity index (χ4n) is 1.29. The van der Waals surface area contributed by atoms with E-state index in [1.807, 2.05) is 0 Å². The summed E-state index contributed by atoms with van der Waals surface area (Å²) in [7, 11) is 1.56. The van der Waals surface area contributed by atoms with Gasteiger partial charge in [0.2, 0.25) is 5.91 Å². The molecule has 0 spiro atoms. The Labute approximate surface area is 116 Å². The smallest absolute Gasteiger partial charge is 0.269 e. The minimum Gasteiger partial charge on any atom is -0.383 e. The van der Waals surface area contributed by atoms with E-state index < -0.39 is 0 Å². The van der Waals surface area contributed by atoms with Crippen LogP contribution in [-0.2, 0) is 9.53 Å². The van der Waals surface area contributed by atoms with Crippen molar-refractivity contribution in [3.63, 3.8) is 0 Å². The minimum atomic E-state index is -0.354. The van der Waals surface area contributed by atoms with Gasteiger partial charge in [-0.1, -0.05) is 11.6 Å². The van der Waals surface area contributed by atoms with Gasteiger partial charge in [0, 0.05) is 37.8 Å². The van der Waals surface area contributed by atoms with Crippen LogP contribution in [0.5, 0.6) is 0 Å². The van der Waals surface area contributed by atoms with Crippen molar-refractivity contribution in [3.05, 3.63) is 29.0 Å². The zero-order valence-electron chi connectivity index (χ0n) is 10.6. The predicted molar refractivity (Wildman–Crippen MR) is 71.1 cm³/mol. The second kappa shape index (κ2) is 8.44. The quantitative estimate of drug-likeness (QED) is 0.720. The first-order valence-electron chi connectivity index (χ1n) is 5.79. The Morgan fingerprint density at radius 3 is 2.84 bits per heavy atom. The second-order valence-corrected chi connectivity index (χ2v) is 4.14. The van der Waals surface area contributed by atoms with Crippen molar-refractivity contribution in [1.29, 1.82) is 0 Å². The van der Waals surface area contributed by atoms with Crippen LogP contribution in [0.4, 0.5) is 0 Å². The summed E-state index contributed by atoms with van der Waals surface area (Å²) in [6, 6.07) is 3.05. The number of halogens is 1. The van der Waals surface area contributed by atoms with E-state index in [0.717, 1.165) is 0 Å². The first-order valence-corrected chi connectivity index (χ1v) is 6.16. The SMILES string of the molecule is COCCNC(=O)CCNC(=O)c1cc(Cl)ccn1. The van der Waals surface area contributed by atoms with E-state index in [-0.39, 0.29) is 30.5 Å². The summed E-state index contributed by atoms with van der Waals surface area (Å²) in [5, 5.41) is 5.69. The maximum Gasteiger partial charge on any atom is 0.269 e. The molecule has 7 heteroatoms. The lowest BCUT2D eigenvalue weighted by Crippen LogP contribution is -2.32. The summed E-state index contributed by atoms with van der Waals surface area (Å²) in [5.41, 5.74) is 0.229. The van der Waals surface area contributed by atoms with Gasteiger partial charge in [0.15, 0.2) is 0 Å². The molecule has 0 aliphatic heterocycles. The van der Waals surface area contributed by atoms with Crippen LogP contribution in [0.25, 0.3) is 0 Å². The number of nitrogens with one attached hydrogen (secondary N) is 2. The number of methoxy groups -OCH3 is 1. The van der Waals surface area contributed by atoms with E-state index in [2.05, 4.69) is 15.6 Å². The largest absolute Gasteiger partial charge is 0.383 e. The molecule has 0 radical (unpaired) electrons. The first-order chi connectivity index (χ1) is 9.13. The molecular weight excluding hydrogens is 270 g/mol. The number of carbonyl (C=O) groups excluding carboxylic acids is 2. The summed E-state index contributed by atoms with van der Waals surface area (Å²) in [6.07, 6.45) is 1.66. The molecule has 0 atom stereocenters. The average Bonchev–Trinajstić information content (AvgIpc) is 2.39. The number of hydrogen-bond donors (Lipinski definition) is 2. The number of hydrogen-bond acceptors (Lipinski definition) is 4. The van der Waals surface area contributed by atoms with Gasteiger partial charge in [-0.15, -0.1) is 0 Å². The number of ether oxygens (including phenoxy) is 1. The number of nitrogens with zero attached hydrogens (tertiary/aromatic N) is 1. The molecule has 1 heterocycles. The van der Waals surface area contributed by atoms with Crippen LogP contribution in [0.3, 0.4) is 0 Å². The standard InChI is InChI=1S/C12H16ClN3O3/c1-19-7-6-15-11(17)3-5-16-12(18)10-8-9(13)2-4-14-10/h2,4,8H,3,5-7H2,1H3,(H,15,17)(H,16,18). The van der Waals surface area contributed by atoms with Crippen molar-refractivity contribution in [2.45, 2.75) is 6.42 Å². The van der Waals surface area contributed by atoms with Crippen LogP contribution in [0.1, 0.15) is 16.9 Å². The van der Waals surface area contributed by atoms with E-state index in [9.17, 15) is 9.59 Å². The van der Waals surface area contributed by atoms with Crippen LogP contribution in [-0.4, -0.2) is 43.6 Å². The lowest BCUT2D eigenvalue weighted by Gasteiger charge is -2.06. The van der Waals surface area contributed by atoms with Crippen LogP contribution >= 0.6 is 11.6 Å². The van der Waals surface area contributed by atoms with Crippen molar-refractivity contribution in [2.75, 3.05) is 26.8 Å². The van der Waals surface area contributed by atoms with Crippen LogP contribution < -0.4 is 10.6 Å². The van der Waals surface area contributed by atoms with Crippen LogP contribution in [0.15, 0.2) is 18.3 Å². The van der Waals surface area contributed by atoms with E-state index in [1.54, 1.807) is 13.2 Å². The Morgan fingerprint density at radius 1 is 1.37 bits per heavy atom. The highest BCUT2D eigenvalue weighted by molar-refractivity contribution is 6.30. The summed E-state index contributed by atoms with van der Waals surface area (Å²) in [4.78, 5) is 26.9. The lowest BCUT2D eigenvalue weighted by molar-refractivity contribution is -0.121. The van der Waals surface area contributed by atoms with Crippen molar-refractivity contribution >= 4 is 23.4 Å². The molecule has 0 bridgehead atoms. The number of aromatic nitrogens is 1. The normalized spacial score (nSPS) is 10.0. The molecule has 2 amide bonds. The maximum atomic E-state index is 11.7. The number of rotatable bonds is 7. The molecule has 0 fully saturated rings. The third-order valence-electron chi connectivity index (χ3n) is 2.22. The molecule has 1 aromatic rings. The highest BCUT2D eigenvalue weighted by Crippen LogP contribution is 2.07. The molecule has 0 unspecified atom stereocenters. The lowest BCUT2D eigenvalue weighted by atomic mass is 10.3. The van der Waals surface area contributed by atoms with E-state index in [0.29, 0.717) is 18.2 Å². The first kappa shape index (κ1) is 15.4. The van der Waals surface area contributed by atoms with Crippen molar-refractivity contribution in [3.8, 4) is 0 Å². The molecule has 104 valence electrons. The molecule has 0 aromatic carbocycles. The van der Waals surface area contributed by atoms with Crippen LogP contribution in [0, 0.1) is 0 Å². The zero-order chi connectivity index (χ0) is 14.1. The number of carbonyl (C=O) groups is 2.